The lowest BCUT2D eigenvalue weighted by Gasteiger charge is -2.60. The first-order chi connectivity index (χ1) is 23.3. The average Bonchev–Trinajstić information content (AvgIpc) is 3.34. The third kappa shape index (κ3) is 5.27. The van der Waals surface area contributed by atoms with E-state index in [4.69, 9.17) is 38.3 Å². The normalized spacial score (nSPS) is 49.3. The minimum Gasteiger partial charge on any atom is -0.477 e. The van der Waals surface area contributed by atoms with E-state index in [0.717, 1.165) is 6.92 Å². The molecule has 1 spiro atoms. The second-order valence-electron chi connectivity index (χ2n) is 15.9. The number of hydrogen-bond acceptors (Lipinski definition) is 10. The van der Waals surface area contributed by atoms with Gasteiger partial charge in [-0.3, -0.25) is 5.26 Å². The van der Waals surface area contributed by atoms with E-state index in [1.165, 1.54) is 6.92 Å². The molecule has 8 rings (SSSR count). The predicted molar refractivity (Wildman–Crippen MR) is 160 cm³/mol. The molecule has 0 aromatic rings. The van der Waals surface area contributed by atoms with Crippen LogP contribution in [0.2, 0.25) is 0 Å². The Morgan fingerprint density at radius 1 is 0.860 bits per heavy atom. The fourth-order valence-corrected chi connectivity index (χ4v) is 10.6. The van der Waals surface area contributed by atoms with E-state index in [1.807, 2.05) is 13.8 Å². The number of allylic oxidation sites excluding steroid dienone is 1. The third-order valence-electron chi connectivity index (χ3n) is 13.1. The van der Waals surface area contributed by atoms with Gasteiger partial charge in [0.15, 0.2) is 23.4 Å². The van der Waals surface area contributed by atoms with Gasteiger partial charge in [0.2, 0.25) is 17.8 Å². The largest absolute Gasteiger partial charge is 0.477 e. The van der Waals surface area contributed by atoms with E-state index in [1.54, 1.807) is 13.8 Å². The minimum atomic E-state index is -5.11. The molecular weight excluding hydrogens is 680 g/mol. The molecule has 6 heterocycles. The Morgan fingerprint density at radius 2 is 1.54 bits per heavy atom. The number of rotatable bonds is 4. The summed E-state index contributed by atoms with van der Waals surface area (Å²) >= 11 is 0. The second-order valence-corrected chi connectivity index (χ2v) is 15.9. The molecule has 2 bridgehead atoms. The monoisotopic (exact) mass is 727 g/mol. The Balaban J connectivity index is 1.25. The molecule has 2 saturated carbocycles. The molecule has 0 aromatic heterocycles. The summed E-state index contributed by atoms with van der Waals surface area (Å²) in [5.74, 6) is -6.95. The summed E-state index contributed by atoms with van der Waals surface area (Å²) in [6, 6.07) is 0. The summed E-state index contributed by atoms with van der Waals surface area (Å²) in [5, 5.41) is 10.4. The van der Waals surface area contributed by atoms with E-state index >= 15 is 13.2 Å². The highest BCUT2D eigenvalue weighted by Gasteiger charge is 2.75. The lowest BCUT2D eigenvalue weighted by molar-refractivity contribution is -0.557. The maximum atomic E-state index is 15.4. The fraction of sp³-hybridized carbons (Fsp3) is 0.912. The summed E-state index contributed by atoms with van der Waals surface area (Å²) in [4.78, 5) is 20.9. The Labute approximate surface area is 287 Å². The summed E-state index contributed by atoms with van der Waals surface area (Å²) in [7, 11) is 0. The van der Waals surface area contributed by atoms with Gasteiger partial charge in [-0.15, -0.1) is 0 Å². The van der Waals surface area contributed by atoms with Crippen molar-refractivity contribution < 1.29 is 69.9 Å². The number of hydrogen-bond donors (Lipinski definition) is 1. The lowest BCUT2D eigenvalue weighted by Crippen LogP contribution is -2.73. The number of alkyl halides is 6. The minimum absolute atomic E-state index is 0.0129. The molecule has 8 aliphatic rings. The summed E-state index contributed by atoms with van der Waals surface area (Å²) in [5.41, 5.74) is -6.52. The summed E-state index contributed by atoms with van der Waals surface area (Å²) < 4.78 is 119. The van der Waals surface area contributed by atoms with Gasteiger partial charge in [-0.05, 0) is 76.5 Å². The van der Waals surface area contributed by atoms with E-state index in [0.29, 0.717) is 38.5 Å². The van der Waals surface area contributed by atoms with Gasteiger partial charge in [0.1, 0.15) is 6.61 Å². The second kappa shape index (κ2) is 12.2. The van der Waals surface area contributed by atoms with Crippen molar-refractivity contribution >= 4 is 5.90 Å². The highest BCUT2D eigenvalue weighted by Crippen LogP contribution is 2.63. The number of ether oxygens (including phenoxy) is 5. The van der Waals surface area contributed by atoms with Crippen molar-refractivity contribution in [1.82, 2.24) is 0 Å². The first-order valence-electron chi connectivity index (χ1n) is 17.8. The quantitative estimate of drug-likeness (QED) is 0.102. The highest BCUT2D eigenvalue weighted by molar-refractivity contribution is 5.74. The van der Waals surface area contributed by atoms with Gasteiger partial charge in [0.05, 0.1) is 6.10 Å². The Hall–Kier alpha value is -1.69. The zero-order valence-electron chi connectivity index (χ0n) is 29.1. The number of halogens is 6. The predicted octanol–water partition coefficient (Wildman–Crippen LogP) is 7.82. The van der Waals surface area contributed by atoms with Crippen LogP contribution in [0.5, 0.6) is 0 Å². The van der Waals surface area contributed by atoms with E-state index < -0.39 is 89.8 Å². The summed E-state index contributed by atoms with van der Waals surface area (Å²) in [6.07, 6.45) is -9.95. The molecule has 0 radical (unpaired) electrons. The number of aliphatic imine (C=N–C) groups is 1. The van der Waals surface area contributed by atoms with E-state index in [-0.39, 0.29) is 42.1 Å². The third-order valence-corrected chi connectivity index (χ3v) is 13.1. The Morgan fingerprint density at radius 3 is 2.22 bits per heavy atom. The van der Waals surface area contributed by atoms with Crippen LogP contribution in [-0.4, -0.2) is 71.5 Å². The fourth-order valence-electron chi connectivity index (χ4n) is 10.6. The smallest absolute Gasteiger partial charge is 0.449 e. The highest BCUT2D eigenvalue weighted by atomic mass is 19.4. The summed E-state index contributed by atoms with van der Waals surface area (Å²) in [6.45, 7) is 9.00. The van der Waals surface area contributed by atoms with Crippen molar-refractivity contribution in [3.63, 3.8) is 0 Å². The van der Waals surface area contributed by atoms with Gasteiger partial charge in [-0.25, -0.2) is 19.7 Å². The SMILES string of the molecule is CC(=N[C@@]1(C(F)(F)F)O[C@@H]2O[C@@H](C)CCC3[C@H](C)CC[C@@H]([C@H]1C)C32OO)OCC1=C(C(F)(F)F)O[C@@H]2OC3(C)CCC4[C@H](C)CC[C@@H]1[C@]42OO3. The molecule has 5 saturated heterocycles. The molecule has 7 fully saturated rings. The van der Waals surface area contributed by atoms with Gasteiger partial charge in [-0.1, -0.05) is 20.8 Å². The zero-order chi connectivity index (χ0) is 36.2. The van der Waals surface area contributed by atoms with E-state index in [9.17, 15) is 18.4 Å². The van der Waals surface area contributed by atoms with Crippen LogP contribution in [0.1, 0.15) is 92.9 Å². The molecule has 0 aromatic carbocycles. The van der Waals surface area contributed by atoms with Crippen molar-refractivity contribution in [3.05, 3.63) is 11.3 Å². The van der Waals surface area contributed by atoms with Gasteiger partial charge in [0.25, 0.3) is 5.72 Å². The van der Waals surface area contributed by atoms with Crippen molar-refractivity contribution in [2.45, 2.75) is 147 Å². The molecule has 284 valence electrons. The molecule has 50 heavy (non-hydrogen) atoms. The van der Waals surface area contributed by atoms with Crippen LogP contribution < -0.4 is 0 Å². The van der Waals surface area contributed by atoms with Gasteiger partial charge < -0.3 is 23.7 Å². The molecule has 0 amide bonds. The Bertz CT molecular complexity index is 1390. The zero-order valence-corrected chi connectivity index (χ0v) is 29.1. The lowest BCUT2D eigenvalue weighted by atomic mass is 9.56. The maximum Gasteiger partial charge on any atom is 0.449 e. The molecular formula is C34H47F6NO9. The molecule has 1 N–H and O–H groups in total. The van der Waals surface area contributed by atoms with Gasteiger partial charge in [-0.2, -0.15) is 26.3 Å². The number of nitrogens with zero attached hydrogens (tertiary/aromatic N) is 1. The van der Waals surface area contributed by atoms with Crippen molar-refractivity contribution in [3.8, 4) is 0 Å². The molecule has 2 aliphatic carbocycles. The van der Waals surface area contributed by atoms with Gasteiger partial charge in [0, 0.05) is 42.6 Å². The van der Waals surface area contributed by atoms with Crippen LogP contribution in [0.25, 0.3) is 0 Å². The van der Waals surface area contributed by atoms with E-state index in [2.05, 4.69) is 4.99 Å². The van der Waals surface area contributed by atoms with Crippen LogP contribution in [0, 0.1) is 41.4 Å². The first-order valence-corrected chi connectivity index (χ1v) is 17.8. The molecule has 10 nitrogen and oxygen atoms in total. The first kappa shape index (κ1) is 36.7. The number of fused-ring (bicyclic) bond motifs is 2. The van der Waals surface area contributed by atoms with Crippen molar-refractivity contribution in [2.24, 2.45) is 46.4 Å². The topological polar surface area (TPSA) is 106 Å². The van der Waals surface area contributed by atoms with Crippen molar-refractivity contribution in [1.29, 1.82) is 0 Å². The molecule has 14 atom stereocenters. The van der Waals surface area contributed by atoms with Crippen LogP contribution in [-0.2, 0) is 38.3 Å². The maximum absolute atomic E-state index is 15.4. The standard InChI is InChI=1S/C34H47F6NO9/c1-16-7-10-24-19(4)32(34(38,39)40,47-27-30(24,48-42)22(16)12-9-18(3)44-27)41-20(5)43-15-21-25-11-8-17(2)23-13-14-29(6)46-28(31(23,25)50-49-29)45-26(21)33(35,36)37/h16-19,22-25,27-28,42H,7-15H2,1-6H3/t16-,17-,18+,19-,22?,23?,24+,25+,27+,28-,29?,30?,31-,32-/m1/s1. The van der Waals surface area contributed by atoms with Crippen LogP contribution in [0.4, 0.5) is 26.3 Å². The average molecular weight is 728 g/mol. The molecule has 16 heteroatoms. The molecule has 6 aliphatic heterocycles. The van der Waals surface area contributed by atoms with Crippen LogP contribution in [0.15, 0.2) is 16.3 Å². The molecule has 4 unspecified atom stereocenters. The van der Waals surface area contributed by atoms with Crippen LogP contribution in [0.3, 0.4) is 0 Å². The van der Waals surface area contributed by atoms with Crippen molar-refractivity contribution in [2.75, 3.05) is 6.61 Å². The van der Waals surface area contributed by atoms with Crippen LogP contribution >= 0.6 is 0 Å². The van der Waals surface area contributed by atoms with Gasteiger partial charge >= 0.3 is 12.4 Å². The Kier molecular flexibility index (Phi) is 8.92.